The third-order valence-corrected chi connectivity index (χ3v) is 5.85. The summed E-state index contributed by atoms with van der Waals surface area (Å²) in [6.07, 6.45) is 6.12. The van der Waals surface area contributed by atoms with E-state index in [1.807, 2.05) is 29.6 Å². The fourth-order valence-electron chi connectivity index (χ4n) is 1.95. The summed E-state index contributed by atoms with van der Waals surface area (Å²) < 4.78 is 0.476. The molecule has 2 aliphatic rings. The van der Waals surface area contributed by atoms with Crippen LogP contribution in [0.3, 0.4) is 0 Å². The Morgan fingerprint density at radius 3 is 2.71 bits per heavy atom. The minimum Gasteiger partial charge on any atom is -0.481 e. The van der Waals surface area contributed by atoms with Crippen LogP contribution in [0.15, 0.2) is 12.2 Å². The molecule has 4 heteroatoms. The molecule has 0 unspecified atom stereocenters. The highest BCUT2D eigenvalue weighted by Crippen LogP contribution is 2.42. The van der Waals surface area contributed by atoms with Gasteiger partial charge >= 0.3 is 5.97 Å². The second-order valence-electron chi connectivity index (χ2n) is 3.65. The summed E-state index contributed by atoms with van der Waals surface area (Å²) in [5.74, 6) is 1.83. The van der Waals surface area contributed by atoms with Crippen molar-refractivity contribution in [3.8, 4) is 0 Å². The summed E-state index contributed by atoms with van der Waals surface area (Å²) in [6, 6.07) is 0. The summed E-state index contributed by atoms with van der Waals surface area (Å²) in [5, 5.41) is 9.06. The minimum absolute atomic E-state index is 0.168. The molecule has 0 aromatic rings. The first-order valence-electron chi connectivity index (χ1n) is 4.91. The van der Waals surface area contributed by atoms with Gasteiger partial charge in [-0.15, -0.1) is 23.5 Å². The Labute approximate surface area is 92.5 Å². The summed E-state index contributed by atoms with van der Waals surface area (Å²) >= 11 is 3.86. The number of rotatable bonds is 2. The van der Waals surface area contributed by atoms with Crippen LogP contribution in [0.25, 0.3) is 0 Å². The number of aliphatic carboxylic acids is 1. The maximum absolute atomic E-state index is 11.0. The number of thioether (sulfide) groups is 2. The van der Waals surface area contributed by atoms with Crippen LogP contribution in [0.1, 0.15) is 12.8 Å². The van der Waals surface area contributed by atoms with E-state index in [1.54, 1.807) is 0 Å². The predicted octanol–water partition coefficient (Wildman–Crippen LogP) is 2.46. The Balaban J connectivity index is 2.00. The first kappa shape index (κ1) is 10.4. The van der Waals surface area contributed by atoms with E-state index in [9.17, 15) is 4.79 Å². The van der Waals surface area contributed by atoms with Gasteiger partial charge in [-0.3, -0.25) is 4.79 Å². The van der Waals surface area contributed by atoms with Crippen LogP contribution < -0.4 is 0 Å². The maximum atomic E-state index is 11.0. The third kappa shape index (κ3) is 2.11. The van der Waals surface area contributed by atoms with Gasteiger partial charge < -0.3 is 5.11 Å². The largest absolute Gasteiger partial charge is 0.481 e. The van der Waals surface area contributed by atoms with Gasteiger partial charge in [0.25, 0.3) is 0 Å². The summed E-state index contributed by atoms with van der Waals surface area (Å²) in [5.41, 5.74) is 0. The van der Waals surface area contributed by atoms with Crippen molar-refractivity contribution >= 4 is 29.5 Å². The number of hydrogen-bond acceptors (Lipinski definition) is 3. The highest BCUT2D eigenvalue weighted by atomic mass is 32.2. The molecule has 0 amide bonds. The second kappa shape index (κ2) is 4.62. The topological polar surface area (TPSA) is 37.3 Å². The SMILES string of the molecule is O=C(O)[C@@H]1CC=C[C@H]1C1SCCCS1. The molecule has 2 atom stereocenters. The molecule has 2 nitrogen and oxygen atoms in total. The van der Waals surface area contributed by atoms with Crippen molar-refractivity contribution in [1.82, 2.24) is 0 Å². The van der Waals surface area contributed by atoms with Crippen molar-refractivity contribution in [3.63, 3.8) is 0 Å². The van der Waals surface area contributed by atoms with Crippen molar-refractivity contribution in [3.05, 3.63) is 12.2 Å². The lowest BCUT2D eigenvalue weighted by Crippen LogP contribution is -2.27. The Hall–Kier alpha value is -0.0900. The van der Waals surface area contributed by atoms with E-state index in [1.165, 1.54) is 17.9 Å². The van der Waals surface area contributed by atoms with E-state index in [0.29, 0.717) is 4.58 Å². The highest BCUT2D eigenvalue weighted by molar-refractivity contribution is 8.17. The second-order valence-corrected chi connectivity index (χ2v) is 6.45. The summed E-state index contributed by atoms with van der Waals surface area (Å²) in [7, 11) is 0. The number of hydrogen-bond donors (Lipinski definition) is 1. The molecule has 1 saturated heterocycles. The van der Waals surface area contributed by atoms with Gasteiger partial charge in [0.05, 0.1) is 10.5 Å². The molecule has 0 radical (unpaired) electrons. The fourth-order valence-corrected chi connectivity index (χ4v) is 5.18. The summed E-state index contributed by atoms with van der Waals surface area (Å²) in [4.78, 5) is 11.0. The number of allylic oxidation sites excluding steroid dienone is 2. The van der Waals surface area contributed by atoms with E-state index in [2.05, 4.69) is 6.08 Å². The average Bonchev–Trinajstić information content (AvgIpc) is 2.67. The van der Waals surface area contributed by atoms with Crippen LogP contribution in [-0.4, -0.2) is 27.2 Å². The molecule has 0 spiro atoms. The predicted molar refractivity (Wildman–Crippen MR) is 61.7 cm³/mol. The van der Waals surface area contributed by atoms with Gasteiger partial charge in [-0.05, 0) is 24.3 Å². The Kier molecular flexibility index (Phi) is 3.44. The lowest BCUT2D eigenvalue weighted by Gasteiger charge is -2.28. The Morgan fingerprint density at radius 2 is 2.07 bits per heavy atom. The van der Waals surface area contributed by atoms with E-state index in [4.69, 9.17) is 5.11 Å². The van der Waals surface area contributed by atoms with Gasteiger partial charge in [0, 0.05) is 5.92 Å². The molecule has 1 fully saturated rings. The lowest BCUT2D eigenvalue weighted by atomic mass is 9.97. The van der Waals surface area contributed by atoms with Crippen LogP contribution in [0, 0.1) is 11.8 Å². The molecule has 1 aliphatic heterocycles. The fraction of sp³-hybridized carbons (Fsp3) is 0.700. The molecule has 1 N–H and O–H groups in total. The standard InChI is InChI=1S/C10H14O2S2/c11-9(12)7-3-1-4-8(7)10-13-5-2-6-14-10/h1,4,7-8,10H,2-3,5-6H2,(H,11,12)/t7-,8-/m1/s1. The minimum atomic E-state index is -0.633. The molecule has 1 aliphatic carbocycles. The normalized spacial score (nSPS) is 33.4. The molecule has 0 aromatic heterocycles. The molecular formula is C10H14O2S2. The number of carboxylic acid groups (broad SMARTS) is 1. The number of carboxylic acids is 1. The van der Waals surface area contributed by atoms with E-state index >= 15 is 0 Å². The van der Waals surface area contributed by atoms with Crippen molar-refractivity contribution in [2.45, 2.75) is 17.4 Å². The van der Waals surface area contributed by atoms with Gasteiger partial charge in [-0.2, -0.15) is 0 Å². The molecule has 1 heterocycles. The first-order chi connectivity index (χ1) is 6.79. The first-order valence-corrected chi connectivity index (χ1v) is 7.01. The molecule has 0 saturated carbocycles. The van der Waals surface area contributed by atoms with Crippen molar-refractivity contribution in [2.24, 2.45) is 11.8 Å². The summed E-state index contributed by atoms with van der Waals surface area (Å²) in [6.45, 7) is 0. The van der Waals surface area contributed by atoms with Crippen LogP contribution >= 0.6 is 23.5 Å². The van der Waals surface area contributed by atoms with Gasteiger partial charge in [0.2, 0.25) is 0 Å². The van der Waals surface area contributed by atoms with Crippen LogP contribution in [-0.2, 0) is 4.79 Å². The monoisotopic (exact) mass is 230 g/mol. The average molecular weight is 230 g/mol. The third-order valence-electron chi connectivity index (χ3n) is 2.70. The van der Waals surface area contributed by atoms with Crippen molar-refractivity contribution in [2.75, 3.05) is 11.5 Å². The molecule has 14 heavy (non-hydrogen) atoms. The zero-order chi connectivity index (χ0) is 9.97. The molecule has 0 bridgehead atoms. The van der Waals surface area contributed by atoms with Gasteiger partial charge in [0.1, 0.15) is 0 Å². The molecule has 78 valence electrons. The van der Waals surface area contributed by atoms with Gasteiger partial charge in [-0.1, -0.05) is 12.2 Å². The van der Waals surface area contributed by atoms with Crippen molar-refractivity contribution < 1.29 is 9.90 Å². The quantitative estimate of drug-likeness (QED) is 0.739. The molecule has 2 rings (SSSR count). The smallest absolute Gasteiger partial charge is 0.307 e. The van der Waals surface area contributed by atoms with E-state index in [-0.39, 0.29) is 11.8 Å². The van der Waals surface area contributed by atoms with Crippen LogP contribution in [0.4, 0.5) is 0 Å². The van der Waals surface area contributed by atoms with E-state index < -0.39 is 5.97 Å². The van der Waals surface area contributed by atoms with Crippen LogP contribution in [0.5, 0.6) is 0 Å². The zero-order valence-corrected chi connectivity index (χ0v) is 9.52. The lowest BCUT2D eigenvalue weighted by molar-refractivity contribution is -0.142. The van der Waals surface area contributed by atoms with Crippen molar-refractivity contribution in [1.29, 1.82) is 0 Å². The zero-order valence-electron chi connectivity index (χ0n) is 7.89. The molecule has 0 aromatic carbocycles. The van der Waals surface area contributed by atoms with Gasteiger partial charge in [0.15, 0.2) is 0 Å². The Bertz CT molecular complexity index is 247. The highest BCUT2D eigenvalue weighted by Gasteiger charge is 2.36. The number of carbonyl (C=O) groups is 1. The maximum Gasteiger partial charge on any atom is 0.307 e. The van der Waals surface area contributed by atoms with E-state index in [0.717, 1.165) is 6.42 Å². The van der Waals surface area contributed by atoms with Gasteiger partial charge in [-0.25, -0.2) is 0 Å². The molecular weight excluding hydrogens is 216 g/mol. The van der Waals surface area contributed by atoms with Crippen LogP contribution in [0.2, 0.25) is 0 Å². The Morgan fingerprint density at radius 1 is 1.36 bits per heavy atom.